The average molecular weight is 241 g/mol. The number of anilines is 1. The van der Waals surface area contributed by atoms with Crippen LogP contribution in [0.5, 0.6) is 5.75 Å². The van der Waals surface area contributed by atoms with E-state index >= 15 is 0 Å². The van der Waals surface area contributed by atoms with E-state index in [4.69, 9.17) is 4.74 Å². The van der Waals surface area contributed by atoms with Crippen LogP contribution in [-0.4, -0.2) is 33.1 Å². The highest BCUT2D eigenvalue weighted by Crippen LogP contribution is 2.26. The smallest absolute Gasteiger partial charge is 0.152 e. The van der Waals surface area contributed by atoms with Gasteiger partial charge in [0, 0.05) is 6.04 Å². The summed E-state index contributed by atoms with van der Waals surface area (Å²) in [5.41, 5.74) is 0.854. The van der Waals surface area contributed by atoms with Crippen LogP contribution >= 0.6 is 0 Å². The van der Waals surface area contributed by atoms with Crippen molar-refractivity contribution in [2.75, 3.05) is 23.9 Å². The second-order valence-corrected chi connectivity index (χ2v) is 6.17. The molecule has 0 aromatic heterocycles. The number of hydrogen-bond donors (Lipinski definition) is 1. The van der Waals surface area contributed by atoms with Crippen LogP contribution in [0.25, 0.3) is 0 Å². The largest absolute Gasteiger partial charge is 0.495 e. The molecule has 1 N–H and O–H groups in total. The number of hydrogen-bond acceptors (Lipinski definition) is 4. The van der Waals surface area contributed by atoms with E-state index in [1.807, 2.05) is 24.3 Å². The van der Waals surface area contributed by atoms with E-state index in [0.29, 0.717) is 6.42 Å². The van der Waals surface area contributed by atoms with Gasteiger partial charge in [0.1, 0.15) is 5.75 Å². The van der Waals surface area contributed by atoms with Crippen molar-refractivity contribution in [3.63, 3.8) is 0 Å². The molecule has 0 amide bonds. The van der Waals surface area contributed by atoms with Crippen LogP contribution in [0.2, 0.25) is 0 Å². The van der Waals surface area contributed by atoms with Gasteiger partial charge in [-0.15, -0.1) is 0 Å². The lowest BCUT2D eigenvalue weighted by Crippen LogP contribution is -2.20. The molecular formula is C11H15NO3S. The van der Waals surface area contributed by atoms with Gasteiger partial charge >= 0.3 is 0 Å². The molecule has 0 radical (unpaired) electrons. The van der Waals surface area contributed by atoms with E-state index in [-0.39, 0.29) is 17.5 Å². The van der Waals surface area contributed by atoms with Crippen molar-refractivity contribution in [1.82, 2.24) is 0 Å². The van der Waals surface area contributed by atoms with Crippen LogP contribution in [0.1, 0.15) is 6.42 Å². The van der Waals surface area contributed by atoms with Gasteiger partial charge in [0.2, 0.25) is 0 Å². The topological polar surface area (TPSA) is 55.4 Å². The van der Waals surface area contributed by atoms with E-state index < -0.39 is 9.84 Å². The molecule has 1 aliphatic rings. The molecule has 88 valence electrons. The molecule has 0 bridgehead atoms. The van der Waals surface area contributed by atoms with Gasteiger partial charge in [0.25, 0.3) is 0 Å². The molecule has 2 rings (SSSR count). The molecule has 1 aliphatic heterocycles. The highest BCUT2D eigenvalue weighted by atomic mass is 32.2. The van der Waals surface area contributed by atoms with Crippen molar-refractivity contribution < 1.29 is 13.2 Å². The molecular weight excluding hydrogens is 226 g/mol. The quantitative estimate of drug-likeness (QED) is 0.866. The number of ether oxygens (including phenoxy) is 1. The standard InChI is InChI=1S/C11H15NO3S/c1-15-11-5-3-2-4-10(11)12-9-6-7-16(13,14)8-9/h2-5,9,12H,6-8H2,1H3/t9-/m0/s1. The minimum absolute atomic E-state index is 0.00120. The summed E-state index contributed by atoms with van der Waals surface area (Å²) in [6, 6.07) is 7.53. The first-order valence-corrected chi connectivity index (χ1v) is 7.03. The third-order valence-electron chi connectivity index (χ3n) is 2.70. The number of methoxy groups -OCH3 is 1. The first kappa shape index (κ1) is 11.3. The predicted molar refractivity (Wildman–Crippen MR) is 63.7 cm³/mol. The Morgan fingerprint density at radius 1 is 1.38 bits per heavy atom. The van der Waals surface area contributed by atoms with Crippen molar-refractivity contribution in [3.05, 3.63) is 24.3 Å². The Morgan fingerprint density at radius 2 is 2.12 bits per heavy atom. The van der Waals surface area contributed by atoms with Crippen LogP contribution in [0.15, 0.2) is 24.3 Å². The molecule has 0 unspecified atom stereocenters. The summed E-state index contributed by atoms with van der Waals surface area (Å²) >= 11 is 0. The summed E-state index contributed by atoms with van der Waals surface area (Å²) < 4.78 is 27.8. The fraction of sp³-hybridized carbons (Fsp3) is 0.455. The van der Waals surface area contributed by atoms with Gasteiger partial charge in [-0.2, -0.15) is 0 Å². The molecule has 0 saturated carbocycles. The van der Waals surface area contributed by atoms with Crippen molar-refractivity contribution in [2.45, 2.75) is 12.5 Å². The third kappa shape index (κ3) is 2.47. The van der Waals surface area contributed by atoms with Crippen molar-refractivity contribution in [3.8, 4) is 5.75 Å². The van der Waals surface area contributed by atoms with E-state index in [2.05, 4.69) is 5.32 Å². The molecule has 1 aromatic rings. The van der Waals surface area contributed by atoms with Gasteiger partial charge in [0.15, 0.2) is 9.84 Å². The predicted octanol–water partition coefficient (Wildman–Crippen LogP) is 1.29. The summed E-state index contributed by atoms with van der Waals surface area (Å²) in [5, 5.41) is 3.21. The van der Waals surface area contributed by atoms with Gasteiger partial charge in [-0.1, -0.05) is 12.1 Å². The number of para-hydroxylation sites is 2. The number of nitrogens with one attached hydrogen (secondary N) is 1. The molecule has 0 aliphatic carbocycles. The first-order chi connectivity index (χ1) is 7.61. The second-order valence-electron chi connectivity index (χ2n) is 3.94. The van der Waals surface area contributed by atoms with E-state index in [9.17, 15) is 8.42 Å². The van der Waals surface area contributed by atoms with Crippen LogP contribution in [0.4, 0.5) is 5.69 Å². The molecule has 1 saturated heterocycles. The second kappa shape index (κ2) is 4.33. The lowest BCUT2D eigenvalue weighted by molar-refractivity contribution is 0.416. The summed E-state index contributed by atoms with van der Waals surface area (Å²) in [6.07, 6.45) is 0.667. The maximum atomic E-state index is 11.3. The Labute approximate surface area is 95.5 Å². The van der Waals surface area contributed by atoms with Gasteiger partial charge in [0.05, 0.1) is 24.3 Å². The Kier molecular flexibility index (Phi) is 3.05. The maximum absolute atomic E-state index is 11.3. The third-order valence-corrected chi connectivity index (χ3v) is 4.47. The Balaban J connectivity index is 2.10. The van der Waals surface area contributed by atoms with Gasteiger partial charge < -0.3 is 10.1 Å². The highest BCUT2D eigenvalue weighted by Gasteiger charge is 2.28. The molecule has 1 atom stereocenters. The lowest BCUT2D eigenvalue weighted by Gasteiger charge is -2.15. The van der Waals surface area contributed by atoms with E-state index in [1.54, 1.807) is 7.11 Å². The SMILES string of the molecule is COc1ccccc1N[C@H]1CCS(=O)(=O)C1. The van der Waals surface area contributed by atoms with Crippen LogP contribution in [-0.2, 0) is 9.84 Å². The van der Waals surface area contributed by atoms with Gasteiger partial charge in [-0.3, -0.25) is 0 Å². The van der Waals surface area contributed by atoms with Gasteiger partial charge in [-0.25, -0.2) is 8.42 Å². The van der Waals surface area contributed by atoms with Crippen LogP contribution in [0.3, 0.4) is 0 Å². The van der Waals surface area contributed by atoms with E-state index in [0.717, 1.165) is 11.4 Å². The molecule has 5 heteroatoms. The molecule has 1 fully saturated rings. The average Bonchev–Trinajstić information content (AvgIpc) is 2.59. The highest BCUT2D eigenvalue weighted by molar-refractivity contribution is 7.91. The maximum Gasteiger partial charge on any atom is 0.152 e. The minimum atomic E-state index is -2.84. The minimum Gasteiger partial charge on any atom is -0.495 e. The molecule has 4 nitrogen and oxygen atoms in total. The zero-order chi connectivity index (χ0) is 11.6. The first-order valence-electron chi connectivity index (χ1n) is 5.21. The Hall–Kier alpha value is -1.23. The summed E-state index contributed by atoms with van der Waals surface area (Å²) in [7, 11) is -1.24. The van der Waals surface area contributed by atoms with Crippen molar-refractivity contribution in [1.29, 1.82) is 0 Å². The zero-order valence-corrected chi connectivity index (χ0v) is 9.96. The van der Waals surface area contributed by atoms with E-state index in [1.165, 1.54) is 0 Å². The normalized spacial score (nSPS) is 22.9. The summed E-state index contributed by atoms with van der Waals surface area (Å²) in [4.78, 5) is 0. The Morgan fingerprint density at radius 3 is 2.75 bits per heavy atom. The number of rotatable bonds is 3. The number of sulfone groups is 1. The fourth-order valence-electron chi connectivity index (χ4n) is 1.89. The molecule has 16 heavy (non-hydrogen) atoms. The molecule has 0 spiro atoms. The number of benzene rings is 1. The van der Waals surface area contributed by atoms with Crippen LogP contribution < -0.4 is 10.1 Å². The van der Waals surface area contributed by atoms with Crippen molar-refractivity contribution >= 4 is 15.5 Å². The monoisotopic (exact) mass is 241 g/mol. The van der Waals surface area contributed by atoms with Crippen LogP contribution in [0, 0.1) is 0 Å². The van der Waals surface area contributed by atoms with Crippen molar-refractivity contribution in [2.24, 2.45) is 0 Å². The summed E-state index contributed by atoms with van der Waals surface area (Å²) in [6.45, 7) is 0. The molecule has 1 aromatic carbocycles. The summed E-state index contributed by atoms with van der Waals surface area (Å²) in [5.74, 6) is 1.23. The molecule has 1 heterocycles. The zero-order valence-electron chi connectivity index (χ0n) is 9.14. The fourth-order valence-corrected chi connectivity index (χ4v) is 3.57. The lowest BCUT2D eigenvalue weighted by atomic mass is 10.2. The van der Waals surface area contributed by atoms with Gasteiger partial charge in [-0.05, 0) is 18.6 Å². The Bertz CT molecular complexity index is 470.